The molecule has 0 aliphatic carbocycles. The predicted octanol–water partition coefficient (Wildman–Crippen LogP) is 11.2. The van der Waals surface area contributed by atoms with E-state index < -0.39 is 0 Å². The van der Waals surface area contributed by atoms with Crippen LogP contribution >= 0.6 is 0 Å². The molecule has 0 aliphatic rings. The van der Waals surface area contributed by atoms with Gasteiger partial charge in [-0.1, -0.05) is 103 Å². The zero-order valence-corrected chi connectivity index (χ0v) is 24.5. The Hall–Kier alpha value is -5.67. The first-order chi connectivity index (χ1) is 21.6. The third-order valence-corrected chi connectivity index (χ3v) is 9.15. The lowest BCUT2D eigenvalue weighted by molar-refractivity contribution is 0.670. The summed E-state index contributed by atoms with van der Waals surface area (Å²) < 4.78 is 8.52. The highest BCUT2D eigenvalue weighted by Crippen LogP contribution is 2.39. The van der Waals surface area contributed by atoms with Crippen LogP contribution in [0, 0.1) is 13.8 Å². The Bertz CT molecular complexity index is 2580. The summed E-state index contributed by atoms with van der Waals surface area (Å²) in [6.45, 7) is 4.42. The number of aromatic nitrogens is 2. The number of benzene rings is 6. The average Bonchev–Trinajstić information content (AvgIpc) is 3.71. The van der Waals surface area contributed by atoms with E-state index in [0.29, 0.717) is 0 Å². The van der Waals surface area contributed by atoms with Crippen LogP contribution in [-0.4, -0.2) is 9.38 Å². The fraction of sp³-hybridized carbons (Fsp3) is 0.0488. The van der Waals surface area contributed by atoms with Gasteiger partial charge in [0.25, 0.3) is 0 Å². The number of pyridine rings is 1. The molecule has 0 radical (unpaired) electrons. The minimum atomic E-state index is 0.925. The smallest absolute Gasteiger partial charge is 0.145 e. The molecule has 208 valence electrons. The lowest BCUT2D eigenvalue weighted by Crippen LogP contribution is -1.92. The van der Waals surface area contributed by atoms with Crippen molar-refractivity contribution in [1.29, 1.82) is 0 Å². The first-order valence-electron chi connectivity index (χ1n) is 15.0. The van der Waals surface area contributed by atoms with Gasteiger partial charge in [-0.2, -0.15) is 0 Å². The molecule has 3 heterocycles. The number of aryl methyl sites for hydroxylation is 2. The summed E-state index contributed by atoms with van der Waals surface area (Å²) in [6.07, 6.45) is 3.93. The van der Waals surface area contributed by atoms with Gasteiger partial charge in [0, 0.05) is 39.5 Å². The van der Waals surface area contributed by atoms with Crippen LogP contribution in [0.2, 0.25) is 0 Å². The molecule has 3 aromatic heterocycles. The zero-order valence-electron chi connectivity index (χ0n) is 24.5. The Morgan fingerprint density at radius 1 is 0.523 bits per heavy atom. The van der Waals surface area contributed by atoms with Crippen LogP contribution < -0.4 is 0 Å². The summed E-state index contributed by atoms with van der Waals surface area (Å²) in [5, 5.41) is 5.94. The topological polar surface area (TPSA) is 30.4 Å². The number of imidazole rings is 1. The van der Waals surface area contributed by atoms with Gasteiger partial charge in [-0.05, 0) is 76.4 Å². The van der Waals surface area contributed by atoms with Crippen molar-refractivity contribution in [1.82, 2.24) is 9.38 Å². The molecule has 0 unspecified atom stereocenters. The van der Waals surface area contributed by atoms with Crippen molar-refractivity contribution in [2.75, 3.05) is 0 Å². The van der Waals surface area contributed by atoms with Crippen molar-refractivity contribution in [3.63, 3.8) is 0 Å². The number of nitrogens with zero attached hydrogens (tertiary/aromatic N) is 2. The highest BCUT2D eigenvalue weighted by molar-refractivity contribution is 6.13. The standard InChI is InChI=1S/C41H28N2O/c1-25-22-27(28-16-19-38-37(24-28)33-8-3-4-10-36(33)41-42-20-21-43(38)41)14-17-30(25)31-18-15-29(23-26(31)2)32-11-7-12-35-34-9-5-6-13-39(34)44-40(32)35/h3-24H,1-2H3. The molecule has 0 amide bonds. The quantitative estimate of drug-likeness (QED) is 0.200. The summed E-state index contributed by atoms with van der Waals surface area (Å²) >= 11 is 0. The summed E-state index contributed by atoms with van der Waals surface area (Å²) in [4.78, 5) is 4.64. The van der Waals surface area contributed by atoms with Crippen LogP contribution in [0.3, 0.4) is 0 Å². The van der Waals surface area contributed by atoms with Crippen molar-refractivity contribution >= 4 is 49.3 Å². The number of hydrogen-bond acceptors (Lipinski definition) is 2. The molecule has 0 spiro atoms. The molecule has 0 saturated heterocycles. The highest BCUT2D eigenvalue weighted by Gasteiger charge is 2.15. The van der Waals surface area contributed by atoms with Gasteiger partial charge in [0.2, 0.25) is 0 Å². The van der Waals surface area contributed by atoms with Crippen LogP contribution in [-0.2, 0) is 0 Å². The van der Waals surface area contributed by atoms with Gasteiger partial charge >= 0.3 is 0 Å². The molecular formula is C41H28N2O. The van der Waals surface area contributed by atoms with Crippen LogP contribution in [0.4, 0.5) is 0 Å². The second kappa shape index (κ2) is 9.42. The number of hydrogen-bond donors (Lipinski definition) is 0. The Balaban J connectivity index is 1.11. The maximum Gasteiger partial charge on any atom is 0.145 e. The molecule has 44 heavy (non-hydrogen) atoms. The van der Waals surface area contributed by atoms with E-state index in [0.717, 1.165) is 33.1 Å². The third kappa shape index (κ3) is 3.66. The van der Waals surface area contributed by atoms with Crippen LogP contribution in [0.25, 0.3) is 82.6 Å². The molecule has 0 aliphatic heterocycles. The second-order valence-corrected chi connectivity index (χ2v) is 11.7. The molecule has 3 nitrogen and oxygen atoms in total. The first-order valence-corrected chi connectivity index (χ1v) is 15.0. The summed E-state index contributed by atoms with van der Waals surface area (Å²) in [5.74, 6) is 0. The van der Waals surface area contributed by atoms with Crippen molar-refractivity contribution in [3.05, 3.63) is 145 Å². The Morgan fingerprint density at radius 2 is 1.18 bits per heavy atom. The van der Waals surface area contributed by atoms with E-state index in [9.17, 15) is 0 Å². The molecular weight excluding hydrogens is 536 g/mol. The Labute approximate surface area is 254 Å². The Morgan fingerprint density at radius 3 is 2.00 bits per heavy atom. The van der Waals surface area contributed by atoms with Gasteiger partial charge < -0.3 is 4.42 Å². The molecule has 9 rings (SSSR count). The van der Waals surface area contributed by atoms with Crippen molar-refractivity contribution in [2.45, 2.75) is 13.8 Å². The number of furan rings is 1. The van der Waals surface area contributed by atoms with Crippen molar-refractivity contribution in [3.8, 4) is 33.4 Å². The molecule has 9 aromatic rings. The average molecular weight is 565 g/mol. The summed E-state index contributed by atoms with van der Waals surface area (Å²) in [6, 6.07) is 43.6. The minimum Gasteiger partial charge on any atom is -0.455 e. The molecule has 0 N–H and O–H groups in total. The molecule has 0 fully saturated rings. The maximum absolute atomic E-state index is 6.33. The predicted molar refractivity (Wildman–Crippen MR) is 183 cm³/mol. The highest BCUT2D eigenvalue weighted by atomic mass is 16.3. The van der Waals surface area contributed by atoms with Gasteiger partial charge in [0.15, 0.2) is 0 Å². The van der Waals surface area contributed by atoms with Gasteiger partial charge in [0.1, 0.15) is 16.8 Å². The molecule has 0 bridgehead atoms. The SMILES string of the molecule is Cc1cc(-c2ccc3c(c2)c2ccccc2c2nccn32)ccc1-c1ccc(-c2cccc3c2oc2ccccc23)cc1C. The molecule has 3 heteroatoms. The van der Waals surface area contributed by atoms with Gasteiger partial charge in [-0.3, -0.25) is 4.40 Å². The fourth-order valence-corrected chi connectivity index (χ4v) is 7.00. The number of fused-ring (bicyclic) bond motifs is 9. The lowest BCUT2D eigenvalue weighted by Gasteiger charge is -2.14. The van der Waals surface area contributed by atoms with Crippen LogP contribution in [0.15, 0.2) is 138 Å². The van der Waals surface area contributed by atoms with Crippen molar-refractivity contribution in [2.24, 2.45) is 0 Å². The molecule has 0 atom stereocenters. The first kappa shape index (κ1) is 24.9. The Kier molecular flexibility index (Phi) is 5.33. The third-order valence-electron chi connectivity index (χ3n) is 9.15. The van der Waals surface area contributed by atoms with E-state index in [1.807, 2.05) is 24.5 Å². The van der Waals surface area contributed by atoms with E-state index in [-0.39, 0.29) is 0 Å². The zero-order chi connectivity index (χ0) is 29.4. The van der Waals surface area contributed by atoms with Gasteiger partial charge in [0.05, 0.1) is 5.52 Å². The maximum atomic E-state index is 6.33. The van der Waals surface area contributed by atoms with E-state index in [1.54, 1.807) is 0 Å². The van der Waals surface area contributed by atoms with Crippen LogP contribution in [0.5, 0.6) is 0 Å². The summed E-state index contributed by atoms with van der Waals surface area (Å²) in [5.41, 5.74) is 13.8. The minimum absolute atomic E-state index is 0.925. The van der Waals surface area contributed by atoms with E-state index in [1.165, 1.54) is 60.6 Å². The fourth-order valence-electron chi connectivity index (χ4n) is 7.00. The number of rotatable bonds is 3. The van der Waals surface area contributed by atoms with Gasteiger partial charge in [-0.15, -0.1) is 0 Å². The second-order valence-electron chi connectivity index (χ2n) is 11.7. The monoisotopic (exact) mass is 564 g/mol. The van der Waals surface area contributed by atoms with E-state index in [4.69, 9.17) is 4.42 Å². The number of para-hydroxylation sites is 2. The summed E-state index contributed by atoms with van der Waals surface area (Å²) in [7, 11) is 0. The van der Waals surface area contributed by atoms with E-state index >= 15 is 0 Å². The molecule has 6 aromatic carbocycles. The largest absolute Gasteiger partial charge is 0.455 e. The van der Waals surface area contributed by atoms with Crippen molar-refractivity contribution < 1.29 is 4.42 Å². The molecule has 0 saturated carbocycles. The van der Waals surface area contributed by atoms with Gasteiger partial charge in [-0.25, -0.2) is 4.98 Å². The van der Waals surface area contributed by atoms with Crippen LogP contribution in [0.1, 0.15) is 11.1 Å². The lowest BCUT2D eigenvalue weighted by atomic mass is 9.91. The normalized spacial score (nSPS) is 11.9. The van der Waals surface area contributed by atoms with E-state index in [2.05, 4.69) is 132 Å².